The van der Waals surface area contributed by atoms with Crippen LogP contribution in [0, 0.1) is 14.9 Å². The summed E-state index contributed by atoms with van der Waals surface area (Å²) >= 11 is 2.17. The lowest BCUT2D eigenvalue weighted by Gasteiger charge is -2.12. The monoisotopic (exact) mass is 568 g/mol. The van der Waals surface area contributed by atoms with Crippen LogP contribution in [0.1, 0.15) is 22.8 Å². The van der Waals surface area contributed by atoms with Gasteiger partial charge in [-0.2, -0.15) is 5.26 Å². The summed E-state index contributed by atoms with van der Waals surface area (Å²) in [5, 5.41) is 12.2. The lowest BCUT2D eigenvalue weighted by Crippen LogP contribution is -2.13. The number of halogens is 1. The van der Waals surface area contributed by atoms with Gasteiger partial charge in [0.25, 0.3) is 5.91 Å². The molecular weight excluding hydrogens is 547 g/mol. The molecule has 172 valence electrons. The van der Waals surface area contributed by atoms with Crippen LogP contribution in [-0.2, 0) is 4.79 Å². The number of hydrogen-bond donors (Lipinski definition) is 1. The van der Waals surface area contributed by atoms with E-state index in [1.54, 1.807) is 68.6 Å². The molecule has 8 heteroatoms. The van der Waals surface area contributed by atoms with E-state index in [1.165, 1.54) is 6.08 Å². The van der Waals surface area contributed by atoms with Gasteiger partial charge in [0.1, 0.15) is 17.4 Å². The molecular formula is C26H21IN2O5. The van der Waals surface area contributed by atoms with Crippen molar-refractivity contribution in [3.8, 4) is 23.3 Å². The molecule has 0 heterocycles. The Kier molecular flexibility index (Phi) is 8.65. The molecule has 0 spiro atoms. The summed E-state index contributed by atoms with van der Waals surface area (Å²) in [6.07, 6.45) is 1.44. The zero-order chi connectivity index (χ0) is 24.5. The third-order valence-corrected chi connectivity index (χ3v) is 5.29. The van der Waals surface area contributed by atoms with Crippen LogP contribution in [0.4, 0.5) is 5.69 Å². The molecule has 3 aromatic carbocycles. The summed E-state index contributed by atoms with van der Waals surface area (Å²) in [4.78, 5) is 25.1. The Morgan fingerprint density at radius 2 is 1.74 bits per heavy atom. The molecule has 3 rings (SSSR count). The van der Waals surface area contributed by atoms with Gasteiger partial charge < -0.3 is 19.5 Å². The van der Waals surface area contributed by atoms with Gasteiger partial charge in [0.05, 0.1) is 19.3 Å². The van der Waals surface area contributed by atoms with Gasteiger partial charge in [-0.05, 0) is 102 Å². The van der Waals surface area contributed by atoms with Gasteiger partial charge in [0.15, 0.2) is 11.5 Å². The number of methoxy groups -OCH3 is 1. The average Bonchev–Trinajstić information content (AvgIpc) is 2.85. The van der Waals surface area contributed by atoms with Crippen molar-refractivity contribution < 1.29 is 23.8 Å². The molecule has 7 nitrogen and oxygen atoms in total. The third kappa shape index (κ3) is 6.59. The zero-order valence-corrected chi connectivity index (χ0v) is 20.7. The summed E-state index contributed by atoms with van der Waals surface area (Å²) in [5.41, 5.74) is 1.40. The summed E-state index contributed by atoms with van der Waals surface area (Å²) in [6, 6.07) is 20.5. The second-order valence-electron chi connectivity index (χ2n) is 6.89. The van der Waals surface area contributed by atoms with Gasteiger partial charge in [-0.3, -0.25) is 4.79 Å². The minimum absolute atomic E-state index is 0.0797. The molecule has 1 N–H and O–H groups in total. The summed E-state index contributed by atoms with van der Waals surface area (Å²) in [5.74, 6) is 0.0790. The second-order valence-corrected chi connectivity index (χ2v) is 8.13. The Morgan fingerprint density at radius 3 is 2.35 bits per heavy atom. The number of nitrogens with zero attached hydrogens (tertiary/aromatic N) is 1. The fourth-order valence-electron chi connectivity index (χ4n) is 2.90. The first kappa shape index (κ1) is 24.8. The van der Waals surface area contributed by atoms with Gasteiger partial charge in [-0.25, -0.2) is 4.79 Å². The molecule has 1 amide bonds. The van der Waals surface area contributed by atoms with Crippen LogP contribution in [0.5, 0.6) is 17.2 Å². The summed E-state index contributed by atoms with van der Waals surface area (Å²) in [7, 11) is 1.54. The lowest BCUT2D eigenvalue weighted by molar-refractivity contribution is -0.112. The maximum atomic E-state index is 12.5. The van der Waals surface area contributed by atoms with Crippen molar-refractivity contribution in [2.24, 2.45) is 0 Å². The minimum Gasteiger partial charge on any atom is -0.497 e. The van der Waals surface area contributed by atoms with Crippen molar-refractivity contribution in [3.05, 3.63) is 87.0 Å². The van der Waals surface area contributed by atoms with Crippen LogP contribution < -0.4 is 19.5 Å². The van der Waals surface area contributed by atoms with Gasteiger partial charge in [-0.15, -0.1) is 0 Å². The van der Waals surface area contributed by atoms with Crippen molar-refractivity contribution in [1.82, 2.24) is 0 Å². The Labute approximate surface area is 211 Å². The Balaban J connectivity index is 1.80. The van der Waals surface area contributed by atoms with E-state index < -0.39 is 11.9 Å². The van der Waals surface area contributed by atoms with E-state index in [-0.39, 0.29) is 11.3 Å². The van der Waals surface area contributed by atoms with E-state index in [0.717, 1.165) is 3.57 Å². The fourth-order valence-corrected chi connectivity index (χ4v) is 3.26. The number of hydrogen-bond acceptors (Lipinski definition) is 6. The predicted molar refractivity (Wildman–Crippen MR) is 137 cm³/mol. The van der Waals surface area contributed by atoms with Crippen LogP contribution in [0.2, 0.25) is 0 Å². The number of carbonyl (C=O) groups excluding carboxylic acids is 2. The first-order valence-corrected chi connectivity index (χ1v) is 11.3. The smallest absolute Gasteiger partial charge is 0.343 e. The number of nitrogens with one attached hydrogen (secondary N) is 1. The van der Waals surface area contributed by atoms with Gasteiger partial charge in [0.2, 0.25) is 0 Å². The van der Waals surface area contributed by atoms with Gasteiger partial charge in [-0.1, -0.05) is 6.07 Å². The Morgan fingerprint density at radius 1 is 1.03 bits per heavy atom. The average molecular weight is 568 g/mol. The number of rotatable bonds is 8. The highest BCUT2D eigenvalue weighted by atomic mass is 127. The van der Waals surface area contributed by atoms with Crippen LogP contribution in [0.3, 0.4) is 0 Å². The summed E-state index contributed by atoms with van der Waals surface area (Å²) in [6.45, 7) is 2.13. The molecule has 0 aliphatic carbocycles. The van der Waals surface area contributed by atoms with Crippen LogP contribution in [0.25, 0.3) is 6.08 Å². The topological polar surface area (TPSA) is 97.6 Å². The number of carbonyl (C=O) groups is 2. The number of nitriles is 1. The maximum absolute atomic E-state index is 12.5. The molecule has 0 radical (unpaired) electrons. The molecule has 0 saturated carbocycles. The van der Waals surface area contributed by atoms with Crippen molar-refractivity contribution in [2.45, 2.75) is 6.92 Å². The van der Waals surface area contributed by atoms with Crippen LogP contribution in [0.15, 0.2) is 72.3 Å². The number of ether oxygens (including phenoxy) is 3. The molecule has 0 aliphatic rings. The number of anilines is 1. The molecule has 0 fully saturated rings. The third-order valence-electron chi connectivity index (χ3n) is 4.57. The number of esters is 1. The van der Waals surface area contributed by atoms with Gasteiger partial charge >= 0.3 is 5.97 Å². The van der Waals surface area contributed by atoms with E-state index in [2.05, 4.69) is 27.9 Å². The Hall–Kier alpha value is -3.84. The Bertz CT molecular complexity index is 1250. The fraction of sp³-hybridized carbons (Fsp3) is 0.115. The van der Waals surface area contributed by atoms with Crippen molar-refractivity contribution in [2.75, 3.05) is 19.0 Å². The SMILES string of the molecule is CCOc1cc(/C=C(\C#N)C(=O)Nc2ccc(I)cc2)ccc1OC(=O)c1ccc(OC)cc1. The van der Waals surface area contributed by atoms with E-state index >= 15 is 0 Å². The number of benzene rings is 3. The molecule has 0 bridgehead atoms. The quantitative estimate of drug-likeness (QED) is 0.127. The highest BCUT2D eigenvalue weighted by molar-refractivity contribution is 14.1. The van der Waals surface area contributed by atoms with Gasteiger partial charge in [0, 0.05) is 9.26 Å². The van der Waals surface area contributed by atoms with E-state index in [9.17, 15) is 14.9 Å². The second kappa shape index (κ2) is 11.9. The maximum Gasteiger partial charge on any atom is 0.343 e. The predicted octanol–water partition coefficient (Wildman–Crippen LogP) is 5.46. The minimum atomic E-state index is -0.554. The first-order valence-electron chi connectivity index (χ1n) is 10.2. The standard InChI is InChI=1S/C26H21IN2O5/c1-3-33-24-15-17(14-19(16-28)25(30)29-21-9-7-20(27)8-10-21)4-13-23(24)34-26(31)18-5-11-22(32-2)12-6-18/h4-15H,3H2,1-2H3,(H,29,30)/b19-14+. The lowest BCUT2D eigenvalue weighted by atomic mass is 10.1. The molecule has 0 unspecified atom stereocenters. The largest absolute Gasteiger partial charge is 0.497 e. The van der Waals surface area contributed by atoms with Crippen LogP contribution in [-0.4, -0.2) is 25.6 Å². The molecule has 0 atom stereocenters. The molecule has 0 aromatic heterocycles. The van der Waals surface area contributed by atoms with E-state index in [1.807, 2.05) is 18.2 Å². The van der Waals surface area contributed by atoms with Crippen molar-refractivity contribution in [1.29, 1.82) is 5.26 Å². The van der Waals surface area contributed by atoms with Crippen molar-refractivity contribution >= 4 is 46.2 Å². The molecule has 3 aromatic rings. The zero-order valence-electron chi connectivity index (χ0n) is 18.5. The van der Waals surface area contributed by atoms with Crippen molar-refractivity contribution in [3.63, 3.8) is 0 Å². The summed E-state index contributed by atoms with van der Waals surface area (Å²) < 4.78 is 17.3. The highest BCUT2D eigenvalue weighted by Gasteiger charge is 2.15. The van der Waals surface area contributed by atoms with Crippen LogP contribution >= 0.6 is 22.6 Å². The molecule has 34 heavy (non-hydrogen) atoms. The number of amides is 1. The normalized spacial score (nSPS) is 10.7. The molecule has 0 aliphatic heterocycles. The first-order chi connectivity index (χ1) is 16.4. The van der Waals surface area contributed by atoms with E-state index in [0.29, 0.717) is 34.9 Å². The molecule has 0 saturated heterocycles. The highest BCUT2D eigenvalue weighted by Crippen LogP contribution is 2.30. The van der Waals surface area contributed by atoms with E-state index in [4.69, 9.17) is 14.2 Å².